The van der Waals surface area contributed by atoms with Crippen molar-refractivity contribution in [2.45, 2.75) is 50.7 Å². The number of rotatable bonds is 5. The number of aliphatic hydroxyl groups is 1. The summed E-state index contributed by atoms with van der Waals surface area (Å²) in [6.07, 6.45) is 5.30. The van der Waals surface area contributed by atoms with Gasteiger partial charge in [-0.1, -0.05) is 30.3 Å². The summed E-state index contributed by atoms with van der Waals surface area (Å²) in [4.78, 5) is 15.3. The van der Waals surface area contributed by atoms with E-state index in [1.165, 1.54) is 11.3 Å². The van der Waals surface area contributed by atoms with Crippen LogP contribution < -0.4 is 5.32 Å². The number of aromatic nitrogens is 2. The van der Waals surface area contributed by atoms with Crippen LogP contribution in [0.5, 0.6) is 0 Å². The second-order valence-electron chi connectivity index (χ2n) is 8.05. The molecular weight excluding hydrogens is 352 g/mol. The van der Waals surface area contributed by atoms with Crippen LogP contribution in [0.4, 0.5) is 0 Å². The number of aliphatic hydroxyl groups excluding tert-OH is 1. The summed E-state index contributed by atoms with van der Waals surface area (Å²) in [7, 11) is 1.94. The maximum Gasteiger partial charge on any atom is 0.272 e. The third-order valence-electron chi connectivity index (χ3n) is 6.20. The Bertz CT molecular complexity index is 809. The first-order valence-corrected chi connectivity index (χ1v) is 10.4. The van der Waals surface area contributed by atoms with E-state index in [-0.39, 0.29) is 12.0 Å². The van der Waals surface area contributed by atoms with E-state index in [4.69, 9.17) is 0 Å². The van der Waals surface area contributed by atoms with Gasteiger partial charge in [0, 0.05) is 44.0 Å². The smallest absolute Gasteiger partial charge is 0.272 e. The van der Waals surface area contributed by atoms with Crippen LogP contribution in [0.3, 0.4) is 0 Å². The number of nitrogens with zero attached hydrogens (tertiary/aromatic N) is 3. The molecule has 1 fully saturated rings. The highest BCUT2D eigenvalue weighted by Crippen LogP contribution is 2.28. The Labute approximate surface area is 166 Å². The normalized spacial score (nSPS) is 20.7. The van der Waals surface area contributed by atoms with E-state index in [0.29, 0.717) is 18.3 Å². The van der Waals surface area contributed by atoms with Gasteiger partial charge in [-0.05, 0) is 44.1 Å². The summed E-state index contributed by atoms with van der Waals surface area (Å²) < 4.78 is 1.89. The van der Waals surface area contributed by atoms with Crippen LogP contribution in [-0.2, 0) is 26.3 Å². The molecule has 4 rings (SSSR count). The van der Waals surface area contributed by atoms with Gasteiger partial charge in [-0.3, -0.25) is 14.4 Å². The zero-order valence-electron chi connectivity index (χ0n) is 16.6. The molecule has 6 nitrogen and oxygen atoms in total. The van der Waals surface area contributed by atoms with Crippen LogP contribution in [0.2, 0.25) is 0 Å². The Hall–Kier alpha value is -2.18. The van der Waals surface area contributed by atoms with Crippen molar-refractivity contribution in [2.75, 3.05) is 19.6 Å². The van der Waals surface area contributed by atoms with Gasteiger partial charge in [0.05, 0.1) is 6.10 Å². The van der Waals surface area contributed by atoms with Crippen molar-refractivity contribution in [3.05, 3.63) is 52.8 Å². The van der Waals surface area contributed by atoms with E-state index in [2.05, 4.69) is 27.4 Å². The highest BCUT2D eigenvalue weighted by Gasteiger charge is 2.32. The van der Waals surface area contributed by atoms with Crippen LogP contribution in [0, 0.1) is 0 Å². The van der Waals surface area contributed by atoms with Crippen LogP contribution in [-0.4, -0.2) is 57.5 Å². The minimum absolute atomic E-state index is 0.0671. The van der Waals surface area contributed by atoms with Crippen LogP contribution >= 0.6 is 0 Å². The zero-order chi connectivity index (χ0) is 19.5. The van der Waals surface area contributed by atoms with Crippen molar-refractivity contribution < 1.29 is 9.90 Å². The number of fused-ring (bicyclic) bond motifs is 1. The summed E-state index contributed by atoms with van der Waals surface area (Å²) >= 11 is 0. The SMILES string of the molecule is Cn1nc(C(=O)NCCc2ccccc2)c2c1CCC(N1CCC(O)CC1)C2. The number of likely N-dealkylation sites (tertiary alicyclic amines) is 1. The molecule has 150 valence electrons. The van der Waals surface area contributed by atoms with Gasteiger partial charge in [-0.15, -0.1) is 0 Å². The standard InChI is InChI=1S/C22H30N4O2/c1-25-20-8-7-17(26-13-10-18(27)11-14-26)15-19(20)21(24-25)22(28)23-12-9-16-5-3-2-4-6-16/h2-6,17-18,27H,7-15H2,1H3,(H,23,28). The molecule has 2 heterocycles. The molecular formula is C22H30N4O2. The molecule has 1 atom stereocenters. The average molecular weight is 383 g/mol. The number of aryl methyl sites for hydroxylation is 1. The van der Waals surface area contributed by atoms with Gasteiger partial charge < -0.3 is 10.4 Å². The fraction of sp³-hybridized carbons (Fsp3) is 0.545. The van der Waals surface area contributed by atoms with Crippen LogP contribution in [0.15, 0.2) is 30.3 Å². The Balaban J connectivity index is 1.41. The molecule has 0 spiro atoms. The van der Waals surface area contributed by atoms with E-state index < -0.39 is 0 Å². The van der Waals surface area contributed by atoms with E-state index in [1.807, 2.05) is 29.9 Å². The Morgan fingerprint density at radius 2 is 1.96 bits per heavy atom. The predicted octanol–water partition coefficient (Wildman–Crippen LogP) is 1.71. The van der Waals surface area contributed by atoms with Crippen molar-refractivity contribution in [3.8, 4) is 0 Å². The van der Waals surface area contributed by atoms with E-state index in [1.54, 1.807) is 0 Å². The van der Waals surface area contributed by atoms with Gasteiger partial charge in [0.2, 0.25) is 0 Å². The molecule has 1 aromatic carbocycles. The minimum atomic E-state index is -0.153. The second-order valence-corrected chi connectivity index (χ2v) is 8.05. The van der Waals surface area contributed by atoms with Crippen molar-refractivity contribution in [2.24, 2.45) is 7.05 Å². The molecule has 6 heteroatoms. The first-order valence-electron chi connectivity index (χ1n) is 10.4. The average Bonchev–Trinajstić information content (AvgIpc) is 3.05. The van der Waals surface area contributed by atoms with Gasteiger partial charge in [0.15, 0.2) is 5.69 Å². The lowest BCUT2D eigenvalue weighted by atomic mass is 9.89. The zero-order valence-corrected chi connectivity index (χ0v) is 16.6. The largest absolute Gasteiger partial charge is 0.393 e. The first kappa shape index (κ1) is 19.2. The Kier molecular flexibility index (Phi) is 5.78. The van der Waals surface area contributed by atoms with Crippen LogP contribution in [0.1, 0.15) is 46.6 Å². The lowest BCUT2D eigenvalue weighted by Gasteiger charge is -2.38. The summed E-state index contributed by atoms with van der Waals surface area (Å²) in [5, 5.41) is 17.4. The molecule has 0 saturated carbocycles. The summed E-state index contributed by atoms with van der Waals surface area (Å²) in [6, 6.07) is 10.6. The number of hydrogen-bond acceptors (Lipinski definition) is 4. The Morgan fingerprint density at radius 1 is 1.21 bits per heavy atom. The number of hydrogen-bond donors (Lipinski definition) is 2. The molecule has 2 aliphatic rings. The highest BCUT2D eigenvalue weighted by atomic mass is 16.3. The second kappa shape index (κ2) is 8.45. The third kappa shape index (κ3) is 4.13. The topological polar surface area (TPSA) is 70.4 Å². The molecule has 2 N–H and O–H groups in total. The minimum Gasteiger partial charge on any atom is -0.393 e. The Morgan fingerprint density at radius 3 is 2.71 bits per heavy atom. The van der Waals surface area contributed by atoms with Gasteiger partial charge in [-0.2, -0.15) is 5.10 Å². The van der Waals surface area contributed by atoms with Gasteiger partial charge >= 0.3 is 0 Å². The lowest BCUT2D eigenvalue weighted by molar-refractivity contribution is 0.0568. The maximum atomic E-state index is 12.8. The molecule has 28 heavy (non-hydrogen) atoms. The molecule has 1 amide bonds. The van der Waals surface area contributed by atoms with E-state index in [0.717, 1.165) is 57.2 Å². The summed E-state index contributed by atoms with van der Waals surface area (Å²) in [5.74, 6) is -0.0671. The lowest BCUT2D eigenvalue weighted by Crippen LogP contribution is -2.45. The number of piperidine rings is 1. The highest BCUT2D eigenvalue weighted by molar-refractivity contribution is 5.94. The fourth-order valence-corrected chi connectivity index (χ4v) is 4.56. The number of carbonyl (C=O) groups is 1. The molecule has 1 unspecified atom stereocenters. The third-order valence-corrected chi connectivity index (χ3v) is 6.20. The van der Waals surface area contributed by atoms with Gasteiger partial charge in [0.1, 0.15) is 0 Å². The van der Waals surface area contributed by atoms with Gasteiger partial charge in [0.25, 0.3) is 5.91 Å². The predicted molar refractivity (Wildman–Crippen MR) is 108 cm³/mol. The molecule has 1 aliphatic heterocycles. The summed E-state index contributed by atoms with van der Waals surface area (Å²) in [6.45, 7) is 2.50. The van der Waals surface area contributed by atoms with Crippen LogP contribution in [0.25, 0.3) is 0 Å². The van der Waals surface area contributed by atoms with Crippen molar-refractivity contribution in [3.63, 3.8) is 0 Å². The molecule has 1 saturated heterocycles. The number of carbonyl (C=O) groups excluding carboxylic acids is 1. The van der Waals surface area contributed by atoms with Gasteiger partial charge in [-0.25, -0.2) is 0 Å². The quantitative estimate of drug-likeness (QED) is 0.826. The van der Waals surface area contributed by atoms with E-state index >= 15 is 0 Å². The molecule has 0 radical (unpaired) electrons. The van der Waals surface area contributed by atoms with Crippen molar-refractivity contribution >= 4 is 5.91 Å². The van der Waals surface area contributed by atoms with E-state index in [9.17, 15) is 9.90 Å². The molecule has 2 aromatic rings. The first-order chi connectivity index (χ1) is 13.6. The van der Waals surface area contributed by atoms with Crippen molar-refractivity contribution in [1.82, 2.24) is 20.0 Å². The number of amides is 1. The number of benzene rings is 1. The molecule has 1 aliphatic carbocycles. The molecule has 0 bridgehead atoms. The maximum absolute atomic E-state index is 12.8. The monoisotopic (exact) mass is 382 g/mol. The fourth-order valence-electron chi connectivity index (χ4n) is 4.56. The summed E-state index contributed by atoms with van der Waals surface area (Å²) in [5.41, 5.74) is 4.12. The number of nitrogens with one attached hydrogen (secondary N) is 1. The molecule has 1 aromatic heterocycles. The van der Waals surface area contributed by atoms with Crippen molar-refractivity contribution in [1.29, 1.82) is 0 Å².